The van der Waals surface area contributed by atoms with Gasteiger partial charge in [0, 0.05) is 0 Å². The summed E-state index contributed by atoms with van der Waals surface area (Å²) in [5, 5.41) is 9.77. The van der Waals surface area contributed by atoms with E-state index in [0.717, 1.165) is 12.3 Å². The summed E-state index contributed by atoms with van der Waals surface area (Å²) in [7, 11) is 0. The van der Waals surface area contributed by atoms with Crippen molar-refractivity contribution in [3.63, 3.8) is 0 Å². The number of aromatic hydroxyl groups is 1. The van der Waals surface area contributed by atoms with E-state index in [1.165, 1.54) is 43.2 Å². The Balaban J connectivity index is 2.09. The SMILES string of the molecule is CC(C)c1cc(O)cc(CC2CCCCC2)c1. The lowest BCUT2D eigenvalue weighted by Crippen LogP contribution is -2.09. The molecule has 1 saturated carbocycles. The van der Waals surface area contributed by atoms with Gasteiger partial charge in [-0.25, -0.2) is 0 Å². The maximum atomic E-state index is 9.77. The monoisotopic (exact) mass is 232 g/mol. The van der Waals surface area contributed by atoms with Crippen LogP contribution in [0.1, 0.15) is 63.0 Å². The molecule has 1 N–H and O–H groups in total. The highest BCUT2D eigenvalue weighted by molar-refractivity contribution is 5.35. The Morgan fingerprint density at radius 3 is 2.47 bits per heavy atom. The van der Waals surface area contributed by atoms with Gasteiger partial charge < -0.3 is 5.11 Å². The molecule has 1 nitrogen and oxygen atoms in total. The van der Waals surface area contributed by atoms with Crippen LogP contribution in [0.4, 0.5) is 0 Å². The Labute approximate surface area is 105 Å². The summed E-state index contributed by atoms with van der Waals surface area (Å²) < 4.78 is 0. The molecule has 0 radical (unpaired) electrons. The van der Waals surface area contributed by atoms with E-state index >= 15 is 0 Å². The highest BCUT2D eigenvalue weighted by Crippen LogP contribution is 2.29. The van der Waals surface area contributed by atoms with Gasteiger partial charge in [0.15, 0.2) is 0 Å². The van der Waals surface area contributed by atoms with Crippen LogP contribution in [0.25, 0.3) is 0 Å². The van der Waals surface area contributed by atoms with Gasteiger partial charge in [0.2, 0.25) is 0 Å². The largest absolute Gasteiger partial charge is 0.508 e. The van der Waals surface area contributed by atoms with E-state index in [4.69, 9.17) is 0 Å². The minimum absolute atomic E-state index is 0.432. The number of benzene rings is 1. The van der Waals surface area contributed by atoms with E-state index in [0.29, 0.717) is 11.7 Å². The topological polar surface area (TPSA) is 20.2 Å². The third-order valence-corrected chi connectivity index (χ3v) is 3.92. The Morgan fingerprint density at radius 1 is 1.12 bits per heavy atom. The normalized spacial score (nSPS) is 17.6. The van der Waals surface area contributed by atoms with Crippen LogP contribution < -0.4 is 0 Å². The molecule has 0 atom stereocenters. The molecule has 0 amide bonds. The van der Waals surface area contributed by atoms with E-state index < -0.39 is 0 Å². The smallest absolute Gasteiger partial charge is 0.116 e. The molecule has 94 valence electrons. The first-order valence-electron chi connectivity index (χ1n) is 6.98. The van der Waals surface area contributed by atoms with Gasteiger partial charge in [-0.2, -0.15) is 0 Å². The fraction of sp³-hybridized carbons (Fsp3) is 0.625. The van der Waals surface area contributed by atoms with E-state index in [9.17, 15) is 5.11 Å². The summed E-state index contributed by atoms with van der Waals surface area (Å²) in [6.07, 6.45) is 8.07. The zero-order valence-electron chi connectivity index (χ0n) is 11.1. The molecule has 0 saturated heterocycles. The minimum atomic E-state index is 0.432. The van der Waals surface area contributed by atoms with E-state index in [-0.39, 0.29) is 0 Å². The highest BCUT2D eigenvalue weighted by Gasteiger charge is 2.14. The van der Waals surface area contributed by atoms with Gasteiger partial charge in [-0.1, -0.05) is 52.0 Å². The zero-order valence-corrected chi connectivity index (χ0v) is 11.1. The van der Waals surface area contributed by atoms with Crippen molar-refractivity contribution in [1.29, 1.82) is 0 Å². The standard InChI is InChI=1S/C16H24O/c1-12(2)15-9-14(10-16(17)11-15)8-13-6-4-3-5-7-13/h9-13,17H,3-8H2,1-2H3. The molecule has 0 aliphatic heterocycles. The van der Waals surface area contributed by atoms with Gasteiger partial charge in [-0.05, 0) is 41.5 Å². The molecule has 0 spiro atoms. The molecule has 1 aromatic carbocycles. The second-order valence-corrected chi connectivity index (χ2v) is 5.80. The number of hydrogen-bond acceptors (Lipinski definition) is 1. The number of phenols is 1. The predicted molar refractivity (Wildman–Crippen MR) is 72.5 cm³/mol. The van der Waals surface area contributed by atoms with Crippen LogP contribution in [0.5, 0.6) is 5.75 Å². The molecule has 0 heterocycles. The molecule has 0 aromatic heterocycles. The molecule has 17 heavy (non-hydrogen) atoms. The van der Waals surface area contributed by atoms with Gasteiger partial charge in [-0.3, -0.25) is 0 Å². The molecule has 1 aliphatic rings. The summed E-state index contributed by atoms with van der Waals surface area (Å²) >= 11 is 0. The first kappa shape index (κ1) is 12.5. The number of rotatable bonds is 3. The van der Waals surface area contributed by atoms with Gasteiger partial charge in [0.1, 0.15) is 5.75 Å². The Bertz CT molecular complexity index is 362. The average molecular weight is 232 g/mol. The first-order chi connectivity index (χ1) is 8.15. The summed E-state index contributed by atoms with van der Waals surface area (Å²) in [4.78, 5) is 0. The van der Waals surface area contributed by atoms with Gasteiger partial charge in [0.05, 0.1) is 0 Å². The van der Waals surface area contributed by atoms with Crippen molar-refractivity contribution >= 4 is 0 Å². The van der Waals surface area contributed by atoms with Crippen molar-refractivity contribution in [2.24, 2.45) is 5.92 Å². The van der Waals surface area contributed by atoms with Crippen molar-refractivity contribution in [2.45, 2.75) is 58.3 Å². The first-order valence-corrected chi connectivity index (χ1v) is 6.98. The van der Waals surface area contributed by atoms with Crippen LogP contribution in [-0.4, -0.2) is 5.11 Å². The second kappa shape index (κ2) is 5.57. The fourth-order valence-electron chi connectivity index (χ4n) is 2.88. The van der Waals surface area contributed by atoms with Crippen molar-refractivity contribution in [3.8, 4) is 5.75 Å². The summed E-state index contributed by atoms with van der Waals surface area (Å²) in [5.41, 5.74) is 2.58. The van der Waals surface area contributed by atoms with Gasteiger partial charge in [-0.15, -0.1) is 0 Å². The molecule has 0 unspecified atom stereocenters. The van der Waals surface area contributed by atoms with E-state index in [1.54, 1.807) is 0 Å². The molecule has 0 bridgehead atoms. The second-order valence-electron chi connectivity index (χ2n) is 5.80. The molecular weight excluding hydrogens is 208 g/mol. The third-order valence-electron chi connectivity index (χ3n) is 3.92. The zero-order chi connectivity index (χ0) is 12.3. The number of hydrogen-bond donors (Lipinski definition) is 1. The molecular formula is C16H24O. The van der Waals surface area contributed by atoms with Crippen LogP contribution in [0.2, 0.25) is 0 Å². The van der Waals surface area contributed by atoms with Crippen molar-refractivity contribution in [1.82, 2.24) is 0 Å². The van der Waals surface area contributed by atoms with Crippen LogP contribution in [0.3, 0.4) is 0 Å². The maximum absolute atomic E-state index is 9.77. The highest BCUT2D eigenvalue weighted by atomic mass is 16.3. The lowest BCUT2D eigenvalue weighted by atomic mass is 9.84. The molecule has 1 heteroatoms. The van der Waals surface area contributed by atoms with E-state index in [2.05, 4.69) is 19.9 Å². The Kier molecular flexibility index (Phi) is 4.09. The van der Waals surface area contributed by atoms with Crippen LogP contribution in [0, 0.1) is 5.92 Å². The van der Waals surface area contributed by atoms with Crippen LogP contribution in [-0.2, 0) is 6.42 Å². The minimum Gasteiger partial charge on any atom is -0.508 e. The fourth-order valence-corrected chi connectivity index (χ4v) is 2.88. The van der Waals surface area contributed by atoms with Crippen LogP contribution >= 0.6 is 0 Å². The molecule has 2 rings (SSSR count). The van der Waals surface area contributed by atoms with Crippen molar-refractivity contribution in [2.75, 3.05) is 0 Å². The maximum Gasteiger partial charge on any atom is 0.116 e. The third kappa shape index (κ3) is 3.49. The van der Waals surface area contributed by atoms with Gasteiger partial charge in [0.25, 0.3) is 0 Å². The molecule has 1 aliphatic carbocycles. The Morgan fingerprint density at radius 2 is 1.82 bits per heavy atom. The Hall–Kier alpha value is -0.980. The van der Waals surface area contributed by atoms with Crippen LogP contribution in [0.15, 0.2) is 18.2 Å². The predicted octanol–water partition coefficient (Wildman–Crippen LogP) is 4.64. The van der Waals surface area contributed by atoms with Crippen molar-refractivity contribution < 1.29 is 5.11 Å². The van der Waals surface area contributed by atoms with E-state index in [1.807, 2.05) is 12.1 Å². The molecule has 1 fully saturated rings. The quantitative estimate of drug-likeness (QED) is 0.805. The summed E-state index contributed by atoms with van der Waals surface area (Å²) in [6.45, 7) is 4.36. The van der Waals surface area contributed by atoms with Crippen molar-refractivity contribution in [3.05, 3.63) is 29.3 Å². The van der Waals surface area contributed by atoms with Gasteiger partial charge >= 0.3 is 0 Å². The summed E-state index contributed by atoms with van der Waals surface area (Å²) in [6, 6.07) is 6.12. The summed E-state index contributed by atoms with van der Waals surface area (Å²) in [5.74, 6) is 1.76. The number of phenolic OH excluding ortho intramolecular Hbond substituents is 1. The lowest BCUT2D eigenvalue weighted by molar-refractivity contribution is 0.356. The molecule has 1 aromatic rings. The lowest BCUT2D eigenvalue weighted by Gasteiger charge is -2.22. The average Bonchev–Trinajstić information content (AvgIpc) is 2.29.